The first-order chi connectivity index (χ1) is 9.92. The van der Waals surface area contributed by atoms with Crippen molar-refractivity contribution >= 4 is 40.2 Å². The molecule has 0 aliphatic heterocycles. The SMILES string of the molecule is CCC(C)Cc1nc2cc(Cl)c(Cl)cc2n1CCC(=O)O. The molecule has 2 rings (SSSR count). The van der Waals surface area contributed by atoms with Crippen LogP contribution >= 0.6 is 23.2 Å². The number of imidazole rings is 1. The minimum absolute atomic E-state index is 0.0548. The molecule has 0 fully saturated rings. The third-order valence-electron chi connectivity index (χ3n) is 3.65. The molecule has 6 heteroatoms. The first kappa shape index (κ1) is 16.1. The Morgan fingerprint density at radius 1 is 1.38 bits per heavy atom. The maximum Gasteiger partial charge on any atom is 0.305 e. The summed E-state index contributed by atoms with van der Waals surface area (Å²) in [7, 11) is 0. The van der Waals surface area contributed by atoms with Gasteiger partial charge < -0.3 is 9.67 Å². The van der Waals surface area contributed by atoms with E-state index in [-0.39, 0.29) is 6.42 Å². The fraction of sp³-hybridized carbons (Fsp3) is 0.467. The van der Waals surface area contributed by atoms with Crippen molar-refractivity contribution in [2.24, 2.45) is 5.92 Å². The van der Waals surface area contributed by atoms with Crippen LogP contribution in [0.25, 0.3) is 11.0 Å². The van der Waals surface area contributed by atoms with E-state index >= 15 is 0 Å². The second kappa shape index (κ2) is 6.67. The van der Waals surface area contributed by atoms with E-state index < -0.39 is 5.97 Å². The number of hydrogen-bond donors (Lipinski definition) is 1. The van der Waals surface area contributed by atoms with E-state index in [0.29, 0.717) is 22.5 Å². The van der Waals surface area contributed by atoms with Crippen LogP contribution in [0.15, 0.2) is 12.1 Å². The van der Waals surface area contributed by atoms with Gasteiger partial charge in [0.2, 0.25) is 0 Å². The van der Waals surface area contributed by atoms with Gasteiger partial charge in [0, 0.05) is 13.0 Å². The smallest absolute Gasteiger partial charge is 0.305 e. The number of nitrogens with zero attached hydrogens (tertiary/aromatic N) is 2. The number of aliphatic carboxylic acids is 1. The largest absolute Gasteiger partial charge is 0.481 e. The van der Waals surface area contributed by atoms with Crippen molar-refractivity contribution in [1.29, 1.82) is 0 Å². The number of aromatic nitrogens is 2. The molecular formula is C15H18Cl2N2O2. The van der Waals surface area contributed by atoms with Crippen LogP contribution in [0, 0.1) is 5.92 Å². The summed E-state index contributed by atoms with van der Waals surface area (Å²) < 4.78 is 1.94. The molecule has 1 heterocycles. The van der Waals surface area contributed by atoms with E-state index in [1.165, 1.54) is 0 Å². The van der Waals surface area contributed by atoms with Crippen LogP contribution in [-0.2, 0) is 17.8 Å². The Balaban J connectivity index is 2.48. The second-order valence-electron chi connectivity index (χ2n) is 5.30. The fourth-order valence-corrected chi connectivity index (χ4v) is 2.55. The number of benzene rings is 1. The molecule has 21 heavy (non-hydrogen) atoms. The second-order valence-corrected chi connectivity index (χ2v) is 6.11. The van der Waals surface area contributed by atoms with Gasteiger partial charge in [0.05, 0.1) is 27.5 Å². The lowest BCUT2D eigenvalue weighted by molar-refractivity contribution is -0.137. The van der Waals surface area contributed by atoms with Crippen molar-refractivity contribution in [3.8, 4) is 0 Å². The van der Waals surface area contributed by atoms with Gasteiger partial charge in [-0.05, 0) is 18.1 Å². The molecule has 1 N–H and O–H groups in total. The standard InChI is InChI=1S/C15H18Cl2N2O2/c1-3-9(2)6-14-18-12-7-10(16)11(17)8-13(12)19(14)5-4-15(20)21/h7-9H,3-6H2,1-2H3,(H,20,21). The van der Waals surface area contributed by atoms with Gasteiger partial charge in [-0.2, -0.15) is 0 Å². The molecule has 0 bridgehead atoms. The molecule has 1 unspecified atom stereocenters. The zero-order valence-electron chi connectivity index (χ0n) is 12.1. The lowest BCUT2D eigenvalue weighted by atomic mass is 10.1. The quantitative estimate of drug-likeness (QED) is 0.854. The lowest BCUT2D eigenvalue weighted by Gasteiger charge is -2.11. The molecule has 0 saturated carbocycles. The summed E-state index contributed by atoms with van der Waals surface area (Å²) in [6, 6.07) is 3.49. The summed E-state index contributed by atoms with van der Waals surface area (Å²) in [6.45, 7) is 4.67. The van der Waals surface area contributed by atoms with Crippen molar-refractivity contribution in [3.63, 3.8) is 0 Å². The predicted octanol–water partition coefficient (Wildman–Crippen LogP) is 4.41. The summed E-state index contributed by atoms with van der Waals surface area (Å²) in [4.78, 5) is 15.5. The number of aryl methyl sites for hydroxylation is 1. The lowest BCUT2D eigenvalue weighted by Crippen LogP contribution is -2.11. The summed E-state index contributed by atoms with van der Waals surface area (Å²) in [5.41, 5.74) is 1.59. The number of carbonyl (C=O) groups is 1. The Morgan fingerprint density at radius 3 is 2.67 bits per heavy atom. The van der Waals surface area contributed by atoms with Crippen LogP contribution in [0.1, 0.15) is 32.5 Å². The van der Waals surface area contributed by atoms with Crippen molar-refractivity contribution in [2.75, 3.05) is 0 Å². The Kier molecular flexibility index (Phi) is 5.12. The zero-order chi connectivity index (χ0) is 15.6. The van der Waals surface area contributed by atoms with Crippen LogP contribution in [0.3, 0.4) is 0 Å². The first-order valence-electron chi connectivity index (χ1n) is 6.98. The normalized spacial score (nSPS) is 12.8. The molecular weight excluding hydrogens is 311 g/mol. The third-order valence-corrected chi connectivity index (χ3v) is 4.37. The predicted molar refractivity (Wildman–Crippen MR) is 85.2 cm³/mol. The highest BCUT2D eigenvalue weighted by Gasteiger charge is 2.15. The van der Waals surface area contributed by atoms with Crippen LogP contribution in [0.2, 0.25) is 10.0 Å². The van der Waals surface area contributed by atoms with Gasteiger partial charge in [0.1, 0.15) is 5.82 Å². The molecule has 1 atom stereocenters. The molecule has 0 saturated heterocycles. The van der Waals surface area contributed by atoms with Gasteiger partial charge in [-0.3, -0.25) is 4.79 Å². The van der Waals surface area contributed by atoms with Crippen LogP contribution < -0.4 is 0 Å². The zero-order valence-corrected chi connectivity index (χ0v) is 13.6. The van der Waals surface area contributed by atoms with Crippen molar-refractivity contribution in [1.82, 2.24) is 9.55 Å². The van der Waals surface area contributed by atoms with E-state index in [1.807, 2.05) is 4.57 Å². The minimum atomic E-state index is -0.827. The summed E-state index contributed by atoms with van der Waals surface area (Å²) in [6.07, 6.45) is 1.91. The van der Waals surface area contributed by atoms with Crippen molar-refractivity contribution < 1.29 is 9.90 Å². The van der Waals surface area contributed by atoms with Crippen LogP contribution in [0.4, 0.5) is 0 Å². The highest BCUT2D eigenvalue weighted by Crippen LogP contribution is 2.29. The Bertz CT molecular complexity index is 667. The molecule has 0 aliphatic carbocycles. The summed E-state index contributed by atoms with van der Waals surface area (Å²) in [5.74, 6) is 0.543. The average Bonchev–Trinajstić information content (AvgIpc) is 2.73. The molecule has 0 radical (unpaired) electrons. The summed E-state index contributed by atoms with van der Waals surface area (Å²) >= 11 is 12.1. The van der Waals surface area contributed by atoms with Gasteiger partial charge in [0.15, 0.2) is 0 Å². The van der Waals surface area contributed by atoms with Gasteiger partial charge in [-0.1, -0.05) is 43.5 Å². The summed E-state index contributed by atoms with van der Waals surface area (Å²) in [5, 5.41) is 9.84. The Labute approximate surface area is 133 Å². The van der Waals surface area contributed by atoms with Crippen LogP contribution in [0.5, 0.6) is 0 Å². The Morgan fingerprint density at radius 2 is 2.05 bits per heavy atom. The first-order valence-corrected chi connectivity index (χ1v) is 7.74. The van der Waals surface area contributed by atoms with Gasteiger partial charge in [-0.15, -0.1) is 0 Å². The maximum atomic E-state index is 10.9. The van der Waals surface area contributed by atoms with Crippen molar-refractivity contribution in [3.05, 3.63) is 28.0 Å². The monoisotopic (exact) mass is 328 g/mol. The number of hydrogen-bond acceptors (Lipinski definition) is 2. The number of carboxylic acid groups (broad SMARTS) is 1. The number of halogens is 2. The maximum absolute atomic E-state index is 10.9. The van der Waals surface area contributed by atoms with E-state index in [4.69, 9.17) is 28.3 Å². The number of rotatable bonds is 6. The molecule has 4 nitrogen and oxygen atoms in total. The van der Waals surface area contributed by atoms with E-state index in [1.54, 1.807) is 12.1 Å². The molecule has 0 aliphatic rings. The molecule has 0 spiro atoms. The van der Waals surface area contributed by atoms with Gasteiger partial charge in [-0.25, -0.2) is 4.98 Å². The van der Waals surface area contributed by atoms with E-state index in [0.717, 1.165) is 29.7 Å². The highest BCUT2D eigenvalue weighted by atomic mass is 35.5. The number of fused-ring (bicyclic) bond motifs is 1. The fourth-order valence-electron chi connectivity index (χ4n) is 2.24. The molecule has 0 amide bonds. The average molecular weight is 329 g/mol. The third kappa shape index (κ3) is 3.69. The number of carboxylic acids is 1. The van der Waals surface area contributed by atoms with E-state index in [9.17, 15) is 4.79 Å². The highest BCUT2D eigenvalue weighted by molar-refractivity contribution is 6.42. The molecule has 1 aromatic heterocycles. The topological polar surface area (TPSA) is 55.1 Å². The van der Waals surface area contributed by atoms with Crippen LogP contribution in [-0.4, -0.2) is 20.6 Å². The van der Waals surface area contributed by atoms with Crippen molar-refractivity contribution in [2.45, 2.75) is 39.7 Å². The van der Waals surface area contributed by atoms with E-state index in [2.05, 4.69) is 18.8 Å². The Hall–Kier alpha value is -1.26. The minimum Gasteiger partial charge on any atom is -0.481 e. The molecule has 114 valence electrons. The molecule has 2 aromatic rings. The molecule has 1 aromatic carbocycles. The van der Waals surface area contributed by atoms with Gasteiger partial charge in [0.25, 0.3) is 0 Å². The van der Waals surface area contributed by atoms with Gasteiger partial charge >= 0.3 is 5.97 Å².